The Hall–Kier alpha value is -1.08. The Bertz CT molecular complexity index is 456. The third-order valence-corrected chi connectivity index (χ3v) is 4.69. The van der Waals surface area contributed by atoms with Gasteiger partial charge in [0.25, 0.3) is 0 Å². The van der Waals surface area contributed by atoms with E-state index < -0.39 is 11.6 Å². The van der Waals surface area contributed by atoms with Crippen LogP contribution in [0.25, 0.3) is 0 Å². The maximum atomic E-state index is 13.1. The summed E-state index contributed by atoms with van der Waals surface area (Å²) < 4.78 is 26.0. The summed E-state index contributed by atoms with van der Waals surface area (Å²) in [5.41, 5.74) is 0. The van der Waals surface area contributed by atoms with Crippen molar-refractivity contribution in [1.29, 1.82) is 5.26 Å². The lowest BCUT2D eigenvalue weighted by atomic mass is 10.0. The lowest BCUT2D eigenvalue weighted by molar-refractivity contribution is 0.505. The molecule has 2 unspecified atom stereocenters. The van der Waals surface area contributed by atoms with Crippen LogP contribution in [0.5, 0.6) is 0 Å². The molecular weight excluding hydrogens is 252 g/mol. The number of nitriles is 1. The molecular formula is C14H15F2NS. The maximum absolute atomic E-state index is 13.1. The standard InChI is InChI=1S/C14H15F2NS/c15-12-7-6-11(8-13(12)16)18-14-5-3-1-2-4-10(14)9-17/h6-8,10,14H,1-5H2. The van der Waals surface area contributed by atoms with Crippen LogP contribution >= 0.6 is 11.8 Å². The van der Waals surface area contributed by atoms with E-state index in [1.54, 1.807) is 6.07 Å². The Morgan fingerprint density at radius 3 is 2.61 bits per heavy atom. The van der Waals surface area contributed by atoms with Crippen LogP contribution in [0.3, 0.4) is 0 Å². The van der Waals surface area contributed by atoms with Crippen LogP contribution in [0.2, 0.25) is 0 Å². The summed E-state index contributed by atoms with van der Waals surface area (Å²) in [4.78, 5) is 0.709. The first-order valence-electron chi connectivity index (χ1n) is 6.22. The third kappa shape index (κ3) is 3.23. The first kappa shape index (κ1) is 13.4. The molecule has 2 atom stereocenters. The van der Waals surface area contributed by atoms with Crippen LogP contribution < -0.4 is 0 Å². The summed E-state index contributed by atoms with van der Waals surface area (Å²) in [6.45, 7) is 0. The summed E-state index contributed by atoms with van der Waals surface area (Å²) in [6.07, 6.45) is 5.25. The predicted molar refractivity (Wildman–Crippen MR) is 68.2 cm³/mol. The predicted octanol–water partition coefficient (Wildman–Crippen LogP) is 4.53. The summed E-state index contributed by atoms with van der Waals surface area (Å²) in [6, 6.07) is 6.31. The van der Waals surface area contributed by atoms with Crippen LogP contribution in [0.15, 0.2) is 23.1 Å². The van der Waals surface area contributed by atoms with E-state index in [0.717, 1.165) is 38.2 Å². The van der Waals surface area contributed by atoms with Crippen LogP contribution in [0.4, 0.5) is 8.78 Å². The monoisotopic (exact) mass is 267 g/mol. The molecule has 1 saturated carbocycles. The highest BCUT2D eigenvalue weighted by molar-refractivity contribution is 8.00. The van der Waals surface area contributed by atoms with E-state index in [1.807, 2.05) is 0 Å². The topological polar surface area (TPSA) is 23.8 Å². The molecule has 0 amide bonds. The second-order valence-electron chi connectivity index (χ2n) is 4.61. The molecule has 0 saturated heterocycles. The highest BCUT2D eigenvalue weighted by Crippen LogP contribution is 2.36. The summed E-state index contributed by atoms with van der Waals surface area (Å²) in [7, 11) is 0. The van der Waals surface area contributed by atoms with E-state index in [0.29, 0.717) is 4.90 Å². The van der Waals surface area contributed by atoms with Gasteiger partial charge >= 0.3 is 0 Å². The van der Waals surface area contributed by atoms with E-state index in [9.17, 15) is 8.78 Å². The normalized spacial score (nSPS) is 24.3. The molecule has 96 valence electrons. The number of hydrogen-bond acceptors (Lipinski definition) is 2. The molecule has 1 aliphatic rings. The zero-order valence-electron chi connectivity index (χ0n) is 10.0. The van der Waals surface area contributed by atoms with Crippen molar-refractivity contribution in [3.8, 4) is 6.07 Å². The molecule has 18 heavy (non-hydrogen) atoms. The minimum Gasteiger partial charge on any atom is -0.204 e. The van der Waals surface area contributed by atoms with Crippen molar-refractivity contribution in [1.82, 2.24) is 0 Å². The van der Waals surface area contributed by atoms with Crippen LogP contribution in [0.1, 0.15) is 32.1 Å². The lowest BCUT2D eigenvalue weighted by Gasteiger charge is -2.18. The Morgan fingerprint density at radius 1 is 1.11 bits per heavy atom. The van der Waals surface area contributed by atoms with Crippen molar-refractivity contribution >= 4 is 11.8 Å². The minimum absolute atomic E-state index is 0.0191. The average molecular weight is 267 g/mol. The SMILES string of the molecule is N#CC1CCCCCC1Sc1ccc(F)c(F)c1. The second-order valence-corrected chi connectivity index (χ2v) is 5.92. The molecule has 0 heterocycles. The molecule has 2 rings (SSSR count). The lowest BCUT2D eigenvalue weighted by Crippen LogP contribution is -2.13. The summed E-state index contributed by atoms with van der Waals surface area (Å²) in [5.74, 6) is -1.62. The van der Waals surface area contributed by atoms with Gasteiger partial charge in [-0.15, -0.1) is 11.8 Å². The van der Waals surface area contributed by atoms with Gasteiger partial charge in [-0.2, -0.15) is 5.26 Å². The van der Waals surface area contributed by atoms with E-state index >= 15 is 0 Å². The van der Waals surface area contributed by atoms with Gasteiger partial charge in [-0.3, -0.25) is 0 Å². The zero-order valence-corrected chi connectivity index (χ0v) is 10.9. The zero-order chi connectivity index (χ0) is 13.0. The minimum atomic E-state index is -0.822. The number of benzene rings is 1. The number of hydrogen-bond donors (Lipinski definition) is 0. The molecule has 0 radical (unpaired) electrons. The number of nitrogens with zero attached hydrogens (tertiary/aromatic N) is 1. The van der Waals surface area contributed by atoms with Gasteiger partial charge in [0.05, 0.1) is 12.0 Å². The van der Waals surface area contributed by atoms with Gasteiger partial charge in [-0.25, -0.2) is 8.78 Å². The van der Waals surface area contributed by atoms with Crippen LogP contribution in [0, 0.1) is 28.9 Å². The molecule has 1 aliphatic carbocycles. The van der Waals surface area contributed by atoms with Gasteiger partial charge in [0.2, 0.25) is 0 Å². The van der Waals surface area contributed by atoms with Crippen molar-refractivity contribution in [2.75, 3.05) is 0 Å². The van der Waals surface area contributed by atoms with Gasteiger partial charge in [0, 0.05) is 10.1 Å². The van der Waals surface area contributed by atoms with Crippen molar-refractivity contribution < 1.29 is 8.78 Å². The molecule has 0 aliphatic heterocycles. The number of halogens is 2. The van der Waals surface area contributed by atoms with Gasteiger partial charge in [0.1, 0.15) is 0 Å². The fourth-order valence-electron chi connectivity index (χ4n) is 2.29. The third-order valence-electron chi connectivity index (χ3n) is 3.30. The molecule has 0 bridgehead atoms. The Labute approximate surface area is 110 Å². The highest BCUT2D eigenvalue weighted by atomic mass is 32.2. The Kier molecular flexibility index (Phi) is 4.60. The van der Waals surface area contributed by atoms with Gasteiger partial charge in [-0.1, -0.05) is 19.3 Å². The van der Waals surface area contributed by atoms with E-state index in [-0.39, 0.29) is 11.2 Å². The van der Waals surface area contributed by atoms with E-state index in [2.05, 4.69) is 6.07 Å². The summed E-state index contributed by atoms with van der Waals surface area (Å²) >= 11 is 1.50. The Balaban J connectivity index is 2.10. The second kappa shape index (κ2) is 6.19. The van der Waals surface area contributed by atoms with Crippen molar-refractivity contribution in [3.63, 3.8) is 0 Å². The molecule has 0 aromatic heterocycles. The molecule has 1 nitrogen and oxygen atoms in total. The summed E-state index contributed by atoms with van der Waals surface area (Å²) in [5, 5.41) is 9.36. The van der Waals surface area contributed by atoms with E-state index in [4.69, 9.17) is 5.26 Å². The fraction of sp³-hybridized carbons (Fsp3) is 0.500. The first-order valence-corrected chi connectivity index (χ1v) is 7.10. The van der Waals surface area contributed by atoms with Crippen LogP contribution in [-0.4, -0.2) is 5.25 Å². The number of rotatable bonds is 2. The molecule has 1 aromatic rings. The highest BCUT2D eigenvalue weighted by Gasteiger charge is 2.24. The van der Waals surface area contributed by atoms with Gasteiger partial charge < -0.3 is 0 Å². The van der Waals surface area contributed by atoms with Crippen molar-refractivity contribution in [2.45, 2.75) is 42.2 Å². The largest absolute Gasteiger partial charge is 0.204 e. The van der Waals surface area contributed by atoms with Gasteiger partial charge in [-0.05, 0) is 31.0 Å². The van der Waals surface area contributed by atoms with Crippen molar-refractivity contribution in [2.24, 2.45) is 5.92 Å². The maximum Gasteiger partial charge on any atom is 0.159 e. The average Bonchev–Trinajstić information content (AvgIpc) is 2.59. The Morgan fingerprint density at radius 2 is 1.89 bits per heavy atom. The first-order chi connectivity index (χ1) is 8.70. The van der Waals surface area contributed by atoms with Crippen molar-refractivity contribution in [3.05, 3.63) is 29.8 Å². The molecule has 4 heteroatoms. The number of thioether (sulfide) groups is 1. The molecule has 0 N–H and O–H groups in total. The molecule has 1 aromatic carbocycles. The fourth-order valence-corrected chi connectivity index (χ4v) is 3.60. The van der Waals surface area contributed by atoms with Crippen LogP contribution in [-0.2, 0) is 0 Å². The quantitative estimate of drug-likeness (QED) is 0.735. The van der Waals surface area contributed by atoms with Gasteiger partial charge in [0.15, 0.2) is 11.6 Å². The smallest absolute Gasteiger partial charge is 0.159 e. The molecule has 1 fully saturated rings. The molecule has 0 spiro atoms. The van der Waals surface area contributed by atoms with E-state index in [1.165, 1.54) is 17.8 Å².